The topological polar surface area (TPSA) is 29.9 Å². The quantitative estimate of drug-likeness (QED) is 0.758. The standard InChI is InChI=1S/C18H18F3N3S/c1-24-17(22-11-13-8-9-25-12-13)10-16(23-24)14-4-2-6-15(7-3-5-14)18(19,20)21/h2-4,6-10,12,15,22H,5,11H2,1H3/b6-2?,7-3-,14-4+. The van der Waals surface area contributed by atoms with Crippen LogP contribution in [-0.4, -0.2) is 16.0 Å². The lowest BCUT2D eigenvalue weighted by atomic mass is 10.0. The van der Waals surface area contributed by atoms with Crippen LogP contribution in [0.5, 0.6) is 0 Å². The molecule has 0 aromatic carbocycles. The molecule has 0 amide bonds. The van der Waals surface area contributed by atoms with Crippen molar-refractivity contribution < 1.29 is 13.2 Å². The number of alkyl halides is 3. The summed E-state index contributed by atoms with van der Waals surface area (Å²) in [7, 11) is 1.84. The van der Waals surface area contributed by atoms with E-state index >= 15 is 0 Å². The lowest BCUT2D eigenvalue weighted by Crippen LogP contribution is -2.18. The first-order valence-corrected chi connectivity index (χ1v) is 8.78. The Hall–Kier alpha value is -2.28. The van der Waals surface area contributed by atoms with Crippen molar-refractivity contribution in [3.63, 3.8) is 0 Å². The van der Waals surface area contributed by atoms with Gasteiger partial charge in [-0.1, -0.05) is 30.4 Å². The van der Waals surface area contributed by atoms with Gasteiger partial charge in [0.15, 0.2) is 0 Å². The summed E-state index contributed by atoms with van der Waals surface area (Å²) in [5.74, 6) is -0.665. The SMILES string of the molecule is Cn1nc(/C2=C/C=CC(C(F)(F)F)/C=C\C2)cc1NCc1ccsc1. The third-order valence-electron chi connectivity index (χ3n) is 3.94. The number of aryl methyl sites for hydroxylation is 1. The van der Waals surface area contributed by atoms with Gasteiger partial charge in [-0.2, -0.15) is 29.6 Å². The molecule has 1 aliphatic rings. The third kappa shape index (κ3) is 4.42. The van der Waals surface area contributed by atoms with E-state index in [1.54, 1.807) is 28.2 Å². The van der Waals surface area contributed by atoms with Crippen molar-refractivity contribution in [1.29, 1.82) is 0 Å². The molecule has 0 saturated carbocycles. The Bertz CT molecular complexity index is 798. The fraction of sp³-hybridized carbons (Fsp3) is 0.278. The average Bonchev–Trinajstić information content (AvgIpc) is 3.13. The van der Waals surface area contributed by atoms with Gasteiger partial charge in [0, 0.05) is 19.7 Å². The monoisotopic (exact) mass is 365 g/mol. The van der Waals surface area contributed by atoms with Gasteiger partial charge < -0.3 is 5.32 Å². The van der Waals surface area contributed by atoms with Crippen LogP contribution >= 0.6 is 11.3 Å². The second-order valence-corrected chi connectivity index (χ2v) is 6.58. The van der Waals surface area contributed by atoms with Crippen molar-refractivity contribution in [1.82, 2.24) is 9.78 Å². The molecule has 2 aromatic heterocycles. The van der Waals surface area contributed by atoms with Crippen LogP contribution in [0.15, 0.2) is 53.3 Å². The highest BCUT2D eigenvalue weighted by Gasteiger charge is 2.35. The Labute approximate surface area is 148 Å². The van der Waals surface area contributed by atoms with Gasteiger partial charge in [-0.05, 0) is 34.4 Å². The molecule has 132 valence electrons. The predicted octanol–water partition coefficient (Wildman–Crippen LogP) is 5.17. The molecule has 3 nitrogen and oxygen atoms in total. The Morgan fingerprint density at radius 1 is 1.36 bits per heavy atom. The van der Waals surface area contributed by atoms with Crippen molar-refractivity contribution in [3.8, 4) is 0 Å². The van der Waals surface area contributed by atoms with Gasteiger partial charge in [-0.15, -0.1) is 0 Å². The molecule has 0 bridgehead atoms. The zero-order valence-electron chi connectivity index (χ0n) is 13.6. The minimum Gasteiger partial charge on any atom is -0.366 e. The molecule has 0 aliphatic heterocycles. The molecule has 1 N–H and O–H groups in total. The number of nitrogens with zero attached hydrogens (tertiary/aromatic N) is 2. The number of anilines is 1. The molecule has 7 heteroatoms. The molecule has 2 aromatic rings. The number of halogens is 3. The molecule has 1 unspecified atom stereocenters. The summed E-state index contributed by atoms with van der Waals surface area (Å²) >= 11 is 1.65. The van der Waals surface area contributed by atoms with Crippen LogP contribution in [-0.2, 0) is 13.6 Å². The van der Waals surface area contributed by atoms with E-state index in [1.807, 2.05) is 18.5 Å². The van der Waals surface area contributed by atoms with E-state index in [-0.39, 0.29) is 0 Å². The maximum absolute atomic E-state index is 12.8. The molecule has 0 spiro atoms. The molecule has 0 saturated heterocycles. The van der Waals surface area contributed by atoms with Gasteiger partial charge in [-0.25, -0.2) is 0 Å². The molecule has 2 heterocycles. The zero-order valence-corrected chi connectivity index (χ0v) is 14.4. The lowest BCUT2D eigenvalue weighted by Gasteiger charge is -2.13. The first-order chi connectivity index (χ1) is 11.9. The fourth-order valence-electron chi connectivity index (χ4n) is 2.55. The van der Waals surface area contributed by atoms with Crippen molar-refractivity contribution >= 4 is 22.7 Å². The first kappa shape index (κ1) is 17.5. The summed E-state index contributed by atoms with van der Waals surface area (Å²) in [5, 5.41) is 11.9. The summed E-state index contributed by atoms with van der Waals surface area (Å²) in [4.78, 5) is 0. The molecular weight excluding hydrogens is 347 g/mol. The number of aromatic nitrogens is 2. The van der Waals surface area contributed by atoms with Crippen LogP contribution in [0.25, 0.3) is 5.57 Å². The van der Waals surface area contributed by atoms with Gasteiger partial charge in [0.2, 0.25) is 0 Å². The summed E-state index contributed by atoms with van der Waals surface area (Å²) < 4.78 is 40.1. The normalized spacial score (nSPS) is 21.3. The van der Waals surface area contributed by atoms with E-state index in [2.05, 4.69) is 21.9 Å². The molecule has 25 heavy (non-hydrogen) atoms. The summed E-state index contributed by atoms with van der Waals surface area (Å²) in [6, 6.07) is 3.97. The number of hydrogen-bond donors (Lipinski definition) is 1. The maximum atomic E-state index is 12.8. The van der Waals surface area contributed by atoms with Crippen LogP contribution in [0.3, 0.4) is 0 Å². The molecule has 0 radical (unpaired) electrons. The average molecular weight is 365 g/mol. The molecule has 1 aliphatic carbocycles. The van der Waals surface area contributed by atoms with E-state index in [0.717, 1.165) is 23.2 Å². The predicted molar refractivity (Wildman–Crippen MR) is 95.3 cm³/mol. The van der Waals surface area contributed by atoms with E-state index in [9.17, 15) is 13.2 Å². The first-order valence-electron chi connectivity index (χ1n) is 7.83. The number of nitrogens with one attached hydrogen (secondary N) is 1. The Morgan fingerprint density at radius 3 is 2.92 bits per heavy atom. The van der Waals surface area contributed by atoms with Gasteiger partial charge in [0.05, 0.1) is 11.6 Å². The van der Waals surface area contributed by atoms with Gasteiger partial charge in [-0.3, -0.25) is 4.68 Å². The van der Waals surface area contributed by atoms with Gasteiger partial charge in [0.1, 0.15) is 5.82 Å². The molecule has 3 rings (SSSR count). The minimum absolute atomic E-state index is 0.415. The summed E-state index contributed by atoms with van der Waals surface area (Å²) in [5.41, 5.74) is 2.84. The number of allylic oxidation sites excluding steroid dienone is 6. The molecule has 0 fully saturated rings. The van der Waals surface area contributed by atoms with Crippen molar-refractivity contribution in [2.45, 2.75) is 19.1 Å². The summed E-state index contributed by atoms with van der Waals surface area (Å²) in [6.45, 7) is 0.703. The second kappa shape index (κ2) is 7.31. The van der Waals surface area contributed by atoms with E-state index in [1.165, 1.54) is 17.7 Å². The van der Waals surface area contributed by atoms with Gasteiger partial charge >= 0.3 is 6.18 Å². The Balaban J connectivity index is 1.74. The van der Waals surface area contributed by atoms with Crippen LogP contribution in [0.2, 0.25) is 0 Å². The van der Waals surface area contributed by atoms with Crippen LogP contribution in [0, 0.1) is 5.92 Å². The van der Waals surface area contributed by atoms with Crippen LogP contribution in [0.1, 0.15) is 17.7 Å². The van der Waals surface area contributed by atoms with Gasteiger partial charge in [0.25, 0.3) is 0 Å². The number of rotatable bonds is 4. The lowest BCUT2D eigenvalue weighted by molar-refractivity contribution is -0.148. The largest absolute Gasteiger partial charge is 0.398 e. The Morgan fingerprint density at radius 2 is 2.20 bits per heavy atom. The smallest absolute Gasteiger partial charge is 0.366 e. The third-order valence-corrected chi connectivity index (χ3v) is 4.67. The van der Waals surface area contributed by atoms with Crippen molar-refractivity contribution in [2.24, 2.45) is 13.0 Å². The molecular formula is C18H18F3N3S. The Kier molecular flexibility index (Phi) is 5.13. The van der Waals surface area contributed by atoms with Crippen LogP contribution < -0.4 is 5.32 Å². The fourth-order valence-corrected chi connectivity index (χ4v) is 3.22. The highest BCUT2D eigenvalue weighted by molar-refractivity contribution is 7.07. The van der Waals surface area contributed by atoms with E-state index in [0.29, 0.717) is 13.0 Å². The number of hydrogen-bond acceptors (Lipinski definition) is 3. The zero-order chi connectivity index (χ0) is 17.9. The molecule has 1 atom stereocenters. The van der Waals surface area contributed by atoms with Crippen molar-refractivity contribution in [2.75, 3.05) is 5.32 Å². The summed E-state index contributed by atoms with van der Waals surface area (Å²) in [6.07, 6.45) is 3.24. The highest BCUT2D eigenvalue weighted by atomic mass is 32.1. The number of thiophene rings is 1. The van der Waals surface area contributed by atoms with Crippen LogP contribution in [0.4, 0.5) is 19.0 Å². The van der Waals surface area contributed by atoms with Crippen molar-refractivity contribution in [3.05, 3.63) is 64.5 Å². The van der Waals surface area contributed by atoms with E-state index < -0.39 is 12.1 Å². The highest BCUT2D eigenvalue weighted by Crippen LogP contribution is 2.31. The second-order valence-electron chi connectivity index (χ2n) is 5.80. The maximum Gasteiger partial charge on any atom is 0.398 e. The van der Waals surface area contributed by atoms with E-state index in [4.69, 9.17) is 0 Å². The minimum atomic E-state index is -4.25.